The maximum atomic E-state index is 8.89. The van der Waals surface area contributed by atoms with Gasteiger partial charge in [-0.05, 0) is 20.8 Å². The van der Waals surface area contributed by atoms with Gasteiger partial charge in [0, 0.05) is 17.9 Å². The summed E-state index contributed by atoms with van der Waals surface area (Å²) in [6.07, 6.45) is 0. The molecule has 0 fully saturated rings. The molecule has 0 unspecified atom stereocenters. The van der Waals surface area contributed by atoms with Gasteiger partial charge in [-0.3, -0.25) is 0 Å². The van der Waals surface area contributed by atoms with Crippen LogP contribution in [0.25, 0.3) is 0 Å². The number of rotatable bonds is 0. The van der Waals surface area contributed by atoms with Gasteiger partial charge in [0.15, 0.2) is 0 Å². The second-order valence-corrected chi connectivity index (χ2v) is 1.47. The van der Waals surface area contributed by atoms with Crippen LogP contribution in [-0.4, -0.2) is 17.9 Å². The van der Waals surface area contributed by atoms with Crippen LogP contribution in [0.1, 0.15) is 20.8 Å². The molecule has 0 aromatic heterocycles. The van der Waals surface area contributed by atoms with E-state index in [9.17, 15) is 0 Å². The van der Waals surface area contributed by atoms with Gasteiger partial charge in [-0.1, -0.05) is 0 Å². The summed E-state index contributed by atoms with van der Waals surface area (Å²) >= 11 is 0. The minimum atomic E-state index is -1.08. The largest absolute Gasteiger partial charge is 2.00 e. The molecule has 0 aliphatic carbocycles. The average Bonchev–Trinajstić information content (AvgIpc) is 1.54. The van der Waals surface area contributed by atoms with E-state index in [4.69, 9.17) is 29.7 Å². The Hall–Kier alpha value is 0.0983. The van der Waals surface area contributed by atoms with Crippen molar-refractivity contribution in [1.29, 1.82) is 0 Å². The molecule has 0 spiro atoms. The molecular weight excluding hydrogens is 386 g/mol. The summed E-state index contributed by atoms with van der Waals surface area (Å²) in [5.41, 5.74) is 0. The second-order valence-electron chi connectivity index (χ2n) is 1.47. The van der Waals surface area contributed by atoms with E-state index in [1.54, 1.807) is 0 Å². The fourth-order valence-corrected chi connectivity index (χ4v) is 0. The SMILES string of the molecule is CC(=O)[O-].CC(=O)[O-].CC(=O)[O-].[Na+].[Pt+2]. The van der Waals surface area contributed by atoms with Gasteiger partial charge in [-0.15, -0.1) is 0 Å². The third-order valence-electron chi connectivity index (χ3n) is 0. The maximum Gasteiger partial charge on any atom is 2.00 e. The molecule has 0 saturated heterocycles. The Morgan fingerprint density at radius 1 is 0.714 bits per heavy atom. The molecule has 0 N–H and O–H groups in total. The van der Waals surface area contributed by atoms with Gasteiger partial charge in [0.05, 0.1) is 0 Å². The normalized spacial score (nSPS) is 5.36. The van der Waals surface area contributed by atoms with Gasteiger partial charge < -0.3 is 29.7 Å². The van der Waals surface area contributed by atoms with Crippen LogP contribution in [0.3, 0.4) is 0 Å². The minimum Gasteiger partial charge on any atom is -0.550 e. The van der Waals surface area contributed by atoms with Crippen molar-refractivity contribution in [3.63, 3.8) is 0 Å². The van der Waals surface area contributed by atoms with E-state index in [-0.39, 0.29) is 50.6 Å². The van der Waals surface area contributed by atoms with E-state index in [1.165, 1.54) is 0 Å². The van der Waals surface area contributed by atoms with E-state index in [1.807, 2.05) is 0 Å². The molecule has 0 heterocycles. The fraction of sp³-hybridized carbons (Fsp3) is 0.500. The standard InChI is InChI=1S/3C2H4O2.Na.Pt/c3*1-2(3)4;;/h3*1H3,(H,3,4);;/q;;;+1;+2/p-3. The number of hydrogen-bond donors (Lipinski definition) is 0. The van der Waals surface area contributed by atoms with Gasteiger partial charge in [-0.25, -0.2) is 0 Å². The first-order valence-electron chi connectivity index (χ1n) is 2.72. The summed E-state index contributed by atoms with van der Waals surface area (Å²) in [7, 11) is 0. The van der Waals surface area contributed by atoms with Crippen molar-refractivity contribution in [1.82, 2.24) is 0 Å². The molecule has 0 atom stereocenters. The molecule has 14 heavy (non-hydrogen) atoms. The van der Waals surface area contributed by atoms with Crippen molar-refractivity contribution >= 4 is 17.9 Å². The molecule has 0 rings (SSSR count). The number of carbonyl (C=O) groups is 3. The molecule has 0 saturated carbocycles. The summed E-state index contributed by atoms with van der Waals surface area (Å²) in [6.45, 7) is 2.92. The first-order valence-corrected chi connectivity index (χ1v) is 2.72. The monoisotopic (exact) mass is 395 g/mol. The summed E-state index contributed by atoms with van der Waals surface area (Å²) in [5, 5.41) is 26.7. The van der Waals surface area contributed by atoms with Crippen LogP contribution in [0.4, 0.5) is 0 Å². The van der Waals surface area contributed by atoms with Crippen LogP contribution in [0, 0.1) is 0 Å². The number of carboxylic acid groups (broad SMARTS) is 3. The number of hydrogen-bond acceptors (Lipinski definition) is 6. The van der Waals surface area contributed by atoms with Crippen LogP contribution in [0.5, 0.6) is 0 Å². The van der Waals surface area contributed by atoms with Crippen LogP contribution in [0.2, 0.25) is 0 Å². The Kier molecular flexibility index (Phi) is 48.3. The van der Waals surface area contributed by atoms with Gasteiger partial charge in [0.1, 0.15) is 0 Å². The summed E-state index contributed by atoms with van der Waals surface area (Å²) in [6, 6.07) is 0. The minimum absolute atomic E-state index is 0. The van der Waals surface area contributed by atoms with Crippen molar-refractivity contribution in [3.8, 4) is 0 Å². The predicted octanol–water partition coefficient (Wildman–Crippen LogP) is -6.73. The first-order chi connectivity index (χ1) is 5.20. The smallest absolute Gasteiger partial charge is 0.550 e. The van der Waals surface area contributed by atoms with Gasteiger partial charge >= 0.3 is 50.6 Å². The third kappa shape index (κ3) is 154000. The van der Waals surface area contributed by atoms with Crippen molar-refractivity contribution in [2.45, 2.75) is 20.8 Å². The average molecular weight is 395 g/mol. The molecule has 8 heteroatoms. The zero-order valence-electron chi connectivity index (χ0n) is 8.27. The topological polar surface area (TPSA) is 120 Å². The molecule has 6 nitrogen and oxygen atoms in total. The molecule has 0 amide bonds. The van der Waals surface area contributed by atoms with Gasteiger partial charge in [0.2, 0.25) is 0 Å². The molecule has 0 radical (unpaired) electrons. The quantitative estimate of drug-likeness (QED) is 0.376. The Morgan fingerprint density at radius 3 is 0.714 bits per heavy atom. The van der Waals surface area contributed by atoms with Crippen LogP contribution >= 0.6 is 0 Å². The molecule has 0 aliphatic rings. The third-order valence-corrected chi connectivity index (χ3v) is 0. The van der Waals surface area contributed by atoms with Crippen molar-refractivity contribution in [2.75, 3.05) is 0 Å². The van der Waals surface area contributed by atoms with E-state index < -0.39 is 17.9 Å². The fourth-order valence-electron chi connectivity index (χ4n) is 0. The van der Waals surface area contributed by atoms with Crippen LogP contribution in [0.15, 0.2) is 0 Å². The summed E-state index contributed by atoms with van der Waals surface area (Å²) in [4.78, 5) is 26.7. The summed E-state index contributed by atoms with van der Waals surface area (Å²) < 4.78 is 0. The Balaban J connectivity index is -0.0000000270. The van der Waals surface area contributed by atoms with Crippen molar-refractivity contribution in [3.05, 3.63) is 0 Å². The number of aliphatic carboxylic acids is 3. The molecule has 0 aliphatic heterocycles. The van der Waals surface area contributed by atoms with Crippen molar-refractivity contribution in [2.24, 2.45) is 0 Å². The zero-order chi connectivity index (χ0) is 10.7. The summed E-state index contributed by atoms with van der Waals surface area (Å²) in [5.74, 6) is -3.25. The maximum absolute atomic E-state index is 8.89. The Morgan fingerprint density at radius 2 is 0.714 bits per heavy atom. The molecule has 0 aromatic carbocycles. The van der Waals surface area contributed by atoms with Crippen LogP contribution < -0.4 is 44.9 Å². The van der Waals surface area contributed by atoms with Crippen molar-refractivity contribution < 1.29 is 80.3 Å². The first kappa shape index (κ1) is 29.2. The second kappa shape index (κ2) is 23.2. The molecule has 80 valence electrons. The van der Waals surface area contributed by atoms with E-state index in [0.717, 1.165) is 20.8 Å². The van der Waals surface area contributed by atoms with E-state index >= 15 is 0 Å². The van der Waals surface area contributed by atoms with Gasteiger partial charge in [0.25, 0.3) is 0 Å². The van der Waals surface area contributed by atoms with Crippen LogP contribution in [-0.2, 0) is 35.4 Å². The Bertz CT molecular complexity index is 120. The van der Waals surface area contributed by atoms with Gasteiger partial charge in [-0.2, -0.15) is 0 Å². The van der Waals surface area contributed by atoms with E-state index in [0.29, 0.717) is 0 Å². The van der Waals surface area contributed by atoms with E-state index in [2.05, 4.69) is 0 Å². The predicted molar refractivity (Wildman–Crippen MR) is 32.0 cm³/mol. The number of carboxylic acids is 3. The number of carbonyl (C=O) groups excluding carboxylic acids is 3. The molecular formula is C6H9NaO6Pt. The zero-order valence-corrected chi connectivity index (χ0v) is 12.5. The Labute approximate surface area is 118 Å². The molecule has 0 bridgehead atoms. The molecule has 0 aromatic rings.